The highest BCUT2D eigenvalue weighted by Gasteiger charge is 2.18. The minimum atomic E-state index is -0.714. The first-order valence-electron chi connectivity index (χ1n) is 7.09. The van der Waals surface area contributed by atoms with Gasteiger partial charge in [-0.05, 0) is 53.2 Å². The molecular weight excluding hydrogens is 398 g/mol. The van der Waals surface area contributed by atoms with Crippen molar-refractivity contribution in [3.05, 3.63) is 45.9 Å². The number of benzene rings is 2. The van der Waals surface area contributed by atoms with Gasteiger partial charge in [-0.1, -0.05) is 11.6 Å². The number of hydrogen-bond acceptors (Lipinski definition) is 4. The van der Waals surface area contributed by atoms with E-state index in [1.807, 2.05) is 0 Å². The van der Waals surface area contributed by atoms with Crippen LogP contribution in [-0.4, -0.2) is 26.2 Å². The van der Waals surface area contributed by atoms with Crippen LogP contribution >= 0.6 is 27.5 Å². The van der Waals surface area contributed by atoms with Crippen molar-refractivity contribution in [2.45, 2.75) is 13.0 Å². The fourth-order valence-corrected chi connectivity index (χ4v) is 2.73. The third-order valence-corrected chi connectivity index (χ3v) is 4.09. The maximum Gasteiger partial charge on any atom is 0.265 e. The van der Waals surface area contributed by atoms with Crippen LogP contribution < -0.4 is 19.5 Å². The Morgan fingerprint density at radius 1 is 1.12 bits per heavy atom. The zero-order valence-electron chi connectivity index (χ0n) is 13.4. The lowest BCUT2D eigenvalue weighted by Crippen LogP contribution is -2.30. The van der Waals surface area contributed by atoms with Crippen molar-refractivity contribution in [1.29, 1.82) is 0 Å². The summed E-state index contributed by atoms with van der Waals surface area (Å²) in [7, 11) is 3.09. The third kappa shape index (κ3) is 4.55. The first-order chi connectivity index (χ1) is 11.4. The van der Waals surface area contributed by atoms with Gasteiger partial charge in [0, 0.05) is 11.1 Å². The number of hydrogen-bond donors (Lipinski definition) is 1. The number of halogens is 2. The Bertz CT molecular complexity index is 739. The molecule has 1 amide bonds. The molecule has 0 radical (unpaired) electrons. The molecule has 0 saturated heterocycles. The molecule has 0 bridgehead atoms. The number of rotatable bonds is 6. The molecule has 0 aliphatic heterocycles. The minimum Gasteiger partial charge on any atom is -0.497 e. The topological polar surface area (TPSA) is 56.8 Å². The van der Waals surface area contributed by atoms with Gasteiger partial charge in [0.05, 0.1) is 24.4 Å². The molecule has 0 aliphatic carbocycles. The number of carbonyl (C=O) groups excluding carboxylic acids is 1. The molecule has 0 aliphatic rings. The third-order valence-electron chi connectivity index (χ3n) is 3.23. The first-order valence-corrected chi connectivity index (χ1v) is 8.26. The Kier molecular flexibility index (Phi) is 6.34. The molecule has 0 fully saturated rings. The number of methoxy groups -OCH3 is 2. The molecule has 2 rings (SSSR count). The Balaban J connectivity index is 2.08. The fraction of sp³-hybridized carbons (Fsp3) is 0.235. The zero-order valence-corrected chi connectivity index (χ0v) is 15.8. The van der Waals surface area contributed by atoms with E-state index in [2.05, 4.69) is 21.2 Å². The van der Waals surface area contributed by atoms with Gasteiger partial charge in [0.15, 0.2) is 6.10 Å². The largest absolute Gasteiger partial charge is 0.497 e. The number of amides is 1. The van der Waals surface area contributed by atoms with E-state index >= 15 is 0 Å². The molecule has 128 valence electrons. The first kappa shape index (κ1) is 18.4. The Morgan fingerprint density at radius 3 is 2.50 bits per heavy atom. The van der Waals surface area contributed by atoms with Crippen molar-refractivity contribution in [2.75, 3.05) is 19.5 Å². The van der Waals surface area contributed by atoms with Crippen LogP contribution in [-0.2, 0) is 4.79 Å². The minimum absolute atomic E-state index is 0.305. The lowest BCUT2D eigenvalue weighted by Gasteiger charge is -2.17. The second-order valence-corrected chi connectivity index (χ2v) is 6.18. The van der Waals surface area contributed by atoms with Crippen LogP contribution in [0.4, 0.5) is 5.69 Å². The summed E-state index contributed by atoms with van der Waals surface area (Å²) in [6.07, 6.45) is -0.714. The molecule has 2 aromatic rings. The molecule has 1 unspecified atom stereocenters. The average molecular weight is 415 g/mol. The van der Waals surface area contributed by atoms with Crippen molar-refractivity contribution >= 4 is 39.1 Å². The number of ether oxygens (including phenoxy) is 3. The smallest absolute Gasteiger partial charge is 0.265 e. The van der Waals surface area contributed by atoms with E-state index in [-0.39, 0.29) is 5.91 Å². The lowest BCUT2D eigenvalue weighted by molar-refractivity contribution is -0.122. The quantitative estimate of drug-likeness (QED) is 0.755. The SMILES string of the molecule is COc1ccc(NC(=O)C(C)Oc2ccc(Cl)cc2Br)c(OC)c1. The zero-order chi connectivity index (χ0) is 17.7. The van der Waals surface area contributed by atoms with Gasteiger partial charge in [-0.15, -0.1) is 0 Å². The molecule has 1 atom stereocenters. The summed E-state index contributed by atoms with van der Waals surface area (Å²) in [4.78, 5) is 12.4. The van der Waals surface area contributed by atoms with E-state index in [1.54, 1.807) is 50.4 Å². The molecule has 0 aromatic heterocycles. The highest BCUT2D eigenvalue weighted by Crippen LogP contribution is 2.31. The van der Waals surface area contributed by atoms with Gasteiger partial charge >= 0.3 is 0 Å². The van der Waals surface area contributed by atoms with Gasteiger partial charge < -0.3 is 19.5 Å². The standard InChI is InChI=1S/C17H17BrClNO4/c1-10(24-15-7-4-11(19)8-13(15)18)17(21)20-14-6-5-12(22-2)9-16(14)23-3/h4-10H,1-3H3,(H,20,21). The molecule has 0 saturated carbocycles. The Labute approximate surface area is 154 Å². The van der Waals surface area contributed by atoms with Gasteiger partial charge in [-0.2, -0.15) is 0 Å². The summed E-state index contributed by atoms with van der Waals surface area (Å²) in [6, 6.07) is 10.2. The van der Waals surface area contributed by atoms with Gasteiger partial charge in [-0.25, -0.2) is 0 Å². The normalized spacial score (nSPS) is 11.5. The van der Waals surface area contributed by atoms with Gasteiger partial charge in [-0.3, -0.25) is 4.79 Å². The van der Waals surface area contributed by atoms with E-state index in [0.29, 0.717) is 32.4 Å². The van der Waals surface area contributed by atoms with Crippen LogP contribution in [0, 0.1) is 0 Å². The van der Waals surface area contributed by atoms with Crippen LogP contribution in [0.25, 0.3) is 0 Å². The highest BCUT2D eigenvalue weighted by molar-refractivity contribution is 9.10. The molecule has 24 heavy (non-hydrogen) atoms. The maximum atomic E-state index is 12.4. The van der Waals surface area contributed by atoms with Gasteiger partial charge in [0.1, 0.15) is 17.2 Å². The predicted octanol–water partition coefficient (Wildman–Crippen LogP) is 4.53. The molecule has 1 N–H and O–H groups in total. The van der Waals surface area contributed by atoms with Crippen molar-refractivity contribution in [1.82, 2.24) is 0 Å². The number of anilines is 1. The average Bonchev–Trinajstić information content (AvgIpc) is 2.57. The molecule has 5 nitrogen and oxygen atoms in total. The molecular formula is C17H17BrClNO4. The summed E-state index contributed by atoms with van der Waals surface area (Å²) >= 11 is 9.25. The van der Waals surface area contributed by atoms with Gasteiger partial charge in [0.2, 0.25) is 0 Å². The molecule has 0 spiro atoms. The second kappa shape index (κ2) is 8.26. The summed E-state index contributed by atoms with van der Waals surface area (Å²) in [5.74, 6) is 1.37. The summed E-state index contributed by atoms with van der Waals surface area (Å²) in [6.45, 7) is 1.66. The van der Waals surface area contributed by atoms with Crippen molar-refractivity contribution < 1.29 is 19.0 Å². The van der Waals surface area contributed by atoms with E-state index in [0.717, 1.165) is 0 Å². The summed E-state index contributed by atoms with van der Waals surface area (Å²) in [5.41, 5.74) is 0.536. The summed E-state index contributed by atoms with van der Waals surface area (Å²) in [5, 5.41) is 3.36. The van der Waals surface area contributed by atoms with Crippen molar-refractivity contribution in [3.63, 3.8) is 0 Å². The second-order valence-electron chi connectivity index (χ2n) is 4.89. The predicted molar refractivity (Wildman–Crippen MR) is 97.4 cm³/mol. The summed E-state index contributed by atoms with van der Waals surface area (Å²) < 4.78 is 16.7. The van der Waals surface area contributed by atoms with E-state index in [1.165, 1.54) is 7.11 Å². The monoisotopic (exact) mass is 413 g/mol. The van der Waals surface area contributed by atoms with E-state index < -0.39 is 6.10 Å². The van der Waals surface area contributed by atoms with Gasteiger partial charge in [0.25, 0.3) is 5.91 Å². The van der Waals surface area contributed by atoms with Crippen LogP contribution in [0.2, 0.25) is 5.02 Å². The van der Waals surface area contributed by atoms with Crippen molar-refractivity contribution in [3.8, 4) is 17.2 Å². The number of nitrogens with one attached hydrogen (secondary N) is 1. The Morgan fingerprint density at radius 2 is 1.88 bits per heavy atom. The van der Waals surface area contributed by atoms with Crippen LogP contribution in [0.1, 0.15) is 6.92 Å². The number of carbonyl (C=O) groups is 1. The van der Waals surface area contributed by atoms with Crippen LogP contribution in [0.5, 0.6) is 17.2 Å². The molecule has 0 heterocycles. The maximum absolute atomic E-state index is 12.4. The highest BCUT2D eigenvalue weighted by atomic mass is 79.9. The van der Waals surface area contributed by atoms with E-state index in [9.17, 15) is 4.79 Å². The Hall–Kier alpha value is -1.92. The van der Waals surface area contributed by atoms with E-state index in [4.69, 9.17) is 25.8 Å². The fourth-order valence-electron chi connectivity index (χ4n) is 1.95. The lowest BCUT2D eigenvalue weighted by atomic mass is 10.2. The van der Waals surface area contributed by atoms with Crippen LogP contribution in [0.3, 0.4) is 0 Å². The van der Waals surface area contributed by atoms with Crippen LogP contribution in [0.15, 0.2) is 40.9 Å². The molecule has 2 aromatic carbocycles. The molecule has 7 heteroatoms. The van der Waals surface area contributed by atoms with Crippen molar-refractivity contribution in [2.24, 2.45) is 0 Å².